The molecule has 0 heterocycles. The normalized spacial score (nSPS) is 26.3. The number of hydrogen-bond acceptors (Lipinski definition) is 3. The number of fused-ring (bicyclic) bond motifs is 2. The molecule has 4 unspecified atom stereocenters. The number of sulfonamides is 1. The summed E-state index contributed by atoms with van der Waals surface area (Å²) in [4.78, 5) is 13.6. The minimum atomic E-state index is -3.49. The van der Waals surface area contributed by atoms with Crippen LogP contribution in [0.5, 0.6) is 0 Å². The number of hydrogen-bond donors (Lipinski definition) is 1. The molecule has 2 fully saturated rings. The second kappa shape index (κ2) is 9.43. The Morgan fingerprint density at radius 3 is 2.52 bits per heavy atom. The summed E-state index contributed by atoms with van der Waals surface area (Å²) in [7, 11) is 0.0767. The molecule has 1 amide bonds. The van der Waals surface area contributed by atoms with Crippen LogP contribution < -0.4 is 4.72 Å². The highest BCUT2D eigenvalue weighted by molar-refractivity contribution is 7.89. The molecule has 160 valence electrons. The second-order valence-corrected chi connectivity index (χ2v) is 10.6. The third-order valence-corrected chi connectivity index (χ3v) is 8.02. The third-order valence-electron chi connectivity index (χ3n) is 6.55. The first-order chi connectivity index (χ1) is 13.8. The lowest BCUT2D eigenvalue weighted by Gasteiger charge is -2.31. The minimum Gasteiger partial charge on any atom is -0.349 e. The van der Waals surface area contributed by atoms with Crippen molar-refractivity contribution in [1.29, 1.82) is 0 Å². The van der Waals surface area contributed by atoms with Crippen molar-refractivity contribution in [2.45, 2.75) is 62.8 Å². The fraction of sp³-hybridized carbons (Fsp3) is 0.609. The fourth-order valence-electron chi connectivity index (χ4n) is 4.86. The smallest absolute Gasteiger partial charge is 0.240 e. The summed E-state index contributed by atoms with van der Waals surface area (Å²) < 4.78 is 28.8. The van der Waals surface area contributed by atoms with Crippen LogP contribution in [-0.2, 0) is 14.8 Å². The van der Waals surface area contributed by atoms with Crippen LogP contribution in [0.2, 0.25) is 0 Å². The average Bonchev–Trinajstić information content (AvgIpc) is 3.26. The van der Waals surface area contributed by atoms with E-state index < -0.39 is 10.0 Å². The first-order valence-corrected chi connectivity index (χ1v) is 12.2. The number of amides is 1. The molecule has 3 rings (SSSR count). The van der Waals surface area contributed by atoms with E-state index in [9.17, 15) is 13.2 Å². The van der Waals surface area contributed by atoms with Crippen molar-refractivity contribution in [2.24, 2.45) is 17.8 Å². The maximum Gasteiger partial charge on any atom is 0.240 e. The summed E-state index contributed by atoms with van der Waals surface area (Å²) in [6.45, 7) is 1.96. The van der Waals surface area contributed by atoms with Crippen molar-refractivity contribution in [3.63, 3.8) is 0 Å². The van der Waals surface area contributed by atoms with Gasteiger partial charge in [0.05, 0.1) is 4.90 Å². The lowest BCUT2D eigenvalue weighted by atomic mass is 9.83. The van der Waals surface area contributed by atoms with Gasteiger partial charge in [-0.1, -0.05) is 29.8 Å². The highest BCUT2D eigenvalue weighted by Gasteiger charge is 2.48. The molecule has 2 bridgehead atoms. The second-order valence-electron chi connectivity index (χ2n) is 8.84. The van der Waals surface area contributed by atoms with Crippen molar-refractivity contribution in [3.05, 3.63) is 42.0 Å². The Morgan fingerprint density at radius 2 is 1.83 bits per heavy atom. The number of aryl methyl sites for hydroxylation is 1. The van der Waals surface area contributed by atoms with E-state index in [1.807, 2.05) is 19.1 Å². The summed E-state index contributed by atoms with van der Waals surface area (Å²) in [5, 5.41) is 0. The van der Waals surface area contributed by atoms with E-state index in [0.29, 0.717) is 29.1 Å². The van der Waals surface area contributed by atoms with Gasteiger partial charge in [0.1, 0.15) is 0 Å². The van der Waals surface area contributed by atoms with Gasteiger partial charge in [-0.2, -0.15) is 0 Å². The Bertz CT molecular complexity index is 830. The van der Waals surface area contributed by atoms with Gasteiger partial charge in [-0.05, 0) is 75.3 Å². The lowest BCUT2D eigenvalue weighted by molar-refractivity contribution is -0.128. The molecular weight excluding hydrogens is 384 g/mol. The molecule has 0 aliphatic heterocycles. The maximum atomic E-state index is 12.9. The molecule has 5 nitrogen and oxygen atoms in total. The van der Waals surface area contributed by atoms with Gasteiger partial charge in [0.2, 0.25) is 15.9 Å². The Kier molecular flexibility index (Phi) is 7.17. The first-order valence-electron chi connectivity index (χ1n) is 10.7. The van der Waals surface area contributed by atoms with Crippen molar-refractivity contribution in [3.8, 4) is 0 Å². The lowest BCUT2D eigenvalue weighted by Crippen LogP contribution is -2.43. The summed E-state index contributed by atoms with van der Waals surface area (Å²) in [5.74, 6) is 1.60. The molecule has 0 radical (unpaired) electrons. The molecule has 2 aliphatic carbocycles. The molecule has 4 atom stereocenters. The van der Waals surface area contributed by atoms with Gasteiger partial charge in [0.25, 0.3) is 0 Å². The van der Waals surface area contributed by atoms with Crippen molar-refractivity contribution in [1.82, 2.24) is 9.62 Å². The van der Waals surface area contributed by atoms with Crippen LogP contribution in [0.25, 0.3) is 0 Å². The van der Waals surface area contributed by atoms with E-state index in [4.69, 9.17) is 0 Å². The van der Waals surface area contributed by atoms with Crippen LogP contribution >= 0.6 is 0 Å². The van der Waals surface area contributed by atoms with E-state index in [1.54, 1.807) is 31.1 Å². The molecule has 1 N–H and O–H groups in total. The van der Waals surface area contributed by atoms with Gasteiger partial charge < -0.3 is 4.90 Å². The standard InChI is InChI=1S/C23H34N2O3S/c1-17-10-14-20(15-11-17)29(27,28)24-23-19-13-12-18(16-19)21(23)8-6-4-5-7-9-22(26)25(2)3/h4,6,10-11,14-15,18-19,21,23-24H,5,7-9,12-13,16H2,1-3H3. The first kappa shape index (κ1) is 22.0. The number of allylic oxidation sites excluding steroid dienone is 2. The van der Waals surface area contributed by atoms with E-state index in [2.05, 4.69) is 16.9 Å². The molecule has 2 saturated carbocycles. The molecule has 0 spiro atoms. The molecule has 2 aliphatic rings. The number of unbranched alkanes of at least 4 members (excludes halogenated alkanes) is 1. The number of carbonyl (C=O) groups is 1. The summed E-state index contributed by atoms with van der Waals surface area (Å²) >= 11 is 0. The van der Waals surface area contributed by atoms with Crippen LogP contribution in [0.3, 0.4) is 0 Å². The molecular formula is C23H34N2O3S. The Labute approximate surface area is 175 Å². The van der Waals surface area contributed by atoms with Gasteiger partial charge >= 0.3 is 0 Å². The highest BCUT2D eigenvalue weighted by atomic mass is 32.2. The zero-order valence-corrected chi connectivity index (χ0v) is 18.6. The predicted octanol–water partition coefficient (Wildman–Crippen LogP) is 3.89. The zero-order chi connectivity index (χ0) is 21.0. The Morgan fingerprint density at radius 1 is 1.14 bits per heavy atom. The van der Waals surface area contributed by atoms with Crippen molar-refractivity contribution in [2.75, 3.05) is 14.1 Å². The quantitative estimate of drug-likeness (QED) is 0.489. The zero-order valence-electron chi connectivity index (χ0n) is 17.8. The van der Waals surface area contributed by atoms with E-state index in [-0.39, 0.29) is 11.9 Å². The fourth-order valence-corrected chi connectivity index (χ4v) is 6.22. The van der Waals surface area contributed by atoms with E-state index in [0.717, 1.165) is 37.7 Å². The summed E-state index contributed by atoms with van der Waals surface area (Å²) in [5.41, 5.74) is 1.05. The number of nitrogens with zero attached hydrogens (tertiary/aromatic N) is 1. The number of rotatable bonds is 9. The largest absolute Gasteiger partial charge is 0.349 e. The predicted molar refractivity (Wildman–Crippen MR) is 116 cm³/mol. The molecule has 6 heteroatoms. The van der Waals surface area contributed by atoms with Crippen LogP contribution in [0.1, 0.15) is 50.5 Å². The van der Waals surface area contributed by atoms with Crippen LogP contribution in [0, 0.1) is 24.7 Å². The van der Waals surface area contributed by atoms with Gasteiger partial charge in [0.15, 0.2) is 0 Å². The highest BCUT2D eigenvalue weighted by Crippen LogP contribution is 2.50. The molecule has 0 saturated heterocycles. The number of benzene rings is 1. The summed E-state index contributed by atoms with van der Waals surface area (Å²) in [6.07, 6.45) is 11.0. The van der Waals surface area contributed by atoms with E-state index in [1.165, 1.54) is 6.42 Å². The van der Waals surface area contributed by atoms with Gasteiger partial charge in [-0.3, -0.25) is 4.79 Å². The van der Waals surface area contributed by atoms with Gasteiger partial charge in [-0.15, -0.1) is 0 Å². The Balaban J connectivity index is 1.56. The maximum absolute atomic E-state index is 12.9. The SMILES string of the molecule is Cc1ccc(S(=O)(=O)NC2C3CCC(C3)C2CC=CCCCC(=O)N(C)C)cc1. The van der Waals surface area contributed by atoms with Crippen LogP contribution in [-0.4, -0.2) is 39.4 Å². The van der Waals surface area contributed by atoms with Crippen LogP contribution in [0.4, 0.5) is 0 Å². The monoisotopic (exact) mass is 418 g/mol. The topological polar surface area (TPSA) is 66.5 Å². The molecule has 0 aromatic heterocycles. The Hall–Kier alpha value is -1.66. The average molecular weight is 419 g/mol. The van der Waals surface area contributed by atoms with Crippen molar-refractivity contribution < 1.29 is 13.2 Å². The molecule has 29 heavy (non-hydrogen) atoms. The minimum absolute atomic E-state index is 0.0278. The van der Waals surface area contributed by atoms with Crippen molar-refractivity contribution >= 4 is 15.9 Å². The van der Waals surface area contributed by atoms with Gasteiger partial charge in [0, 0.05) is 26.6 Å². The number of nitrogens with one attached hydrogen (secondary N) is 1. The van der Waals surface area contributed by atoms with E-state index >= 15 is 0 Å². The van der Waals surface area contributed by atoms with Crippen LogP contribution in [0.15, 0.2) is 41.3 Å². The summed E-state index contributed by atoms with van der Waals surface area (Å²) in [6, 6.07) is 7.09. The van der Waals surface area contributed by atoms with Gasteiger partial charge in [-0.25, -0.2) is 13.1 Å². The third kappa shape index (κ3) is 5.48. The number of carbonyl (C=O) groups excluding carboxylic acids is 1. The molecule has 1 aromatic carbocycles. The molecule has 1 aromatic rings.